The Bertz CT molecular complexity index is 401. The third-order valence-electron chi connectivity index (χ3n) is 2.96. The van der Waals surface area contributed by atoms with Crippen molar-refractivity contribution in [2.75, 3.05) is 25.5 Å². The minimum absolute atomic E-state index is 0.127. The van der Waals surface area contributed by atoms with Gasteiger partial charge in [0.25, 0.3) is 5.91 Å². The number of nitrogens with one attached hydrogen (secondary N) is 2. The molecule has 1 aliphatic rings. The number of rotatable bonds is 3. The summed E-state index contributed by atoms with van der Waals surface area (Å²) in [5.41, 5.74) is -0.731. The molecule has 2 heterocycles. The molecule has 0 atom stereocenters. The molecule has 0 saturated carbocycles. The Morgan fingerprint density at radius 2 is 2.18 bits per heavy atom. The number of aryl methyl sites for hydroxylation is 1. The Labute approximate surface area is 104 Å². The first kappa shape index (κ1) is 12.4. The molecule has 0 spiro atoms. The van der Waals surface area contributed by atoms with Gasteiger partial charge in [-0.05, 0) is 32.9 Å². The van der Waals surface area contributed by atoms with Gasteiger partial charge in [0.05, 0.1) is 0 Å². The van der Waals surface area contributed by atoms with Crippen LogP contribution in [0.25, 0.3) is 0 Å². The molecule has 1 saturated heterocycles. The maximum atomic E-state index is 12.2. The van der Waals surface area contributed by atoms with Crippen LogP contribution < -0.4 is 10.6 Å². The molecule has 6 nitrogen and oxygen atoms in total. The molecule has 0 bridgehead atoms. The van der Waals surface area contributed by atoms with E-state index in [0.717, 1.165) is 18.1 Å². The monoisotopic (exact) mass is 256 g/mol. The van der Waals surface area contributed by atoms with E-state index in [0.29, 0.717) is 18.0 Å². The van der Waals surface area contributed by atoms with Gasteiger partial charge in [0.2, 0.25) is 5.13 Å². The highest BCUT2D eigenvalue weighted by Crippen LogP contribution is 2.25. The second-order valence-corrected chi connectivity index (χ2v) is 5.21. The molecule has 0 aliphatic carbocycles. The van der Waals surface area contributed by atoms with E-state index in [1.165, 1.54) is 11.3 Å². The van der Waals surface area contributed by atoms with Crippen molar-refractivity contribution in [3.63, 3.8) is 0 Å². The lowest BCUT2D eigenvalue weighted by molar-refractivity contribution is -0.140. The van der Waals surface area contributed by atoms with Crippen LogP contribution in [0.4, 0.5) is 5.13 Å². The lowest BCUT2D eigenvalue weighted by atomic mass is 9.91. The van der Waals surface area contributed by atoms with Crippen LogP contribution in [0.3, 0.4) is 0 Å². The summed E-state index contributed by atoms with van der Waals surface area (Å²) in [4.78, 5) is 12.2. The largest absolute Gasteiger partial charge is 0.368 e. The molecular formula is C10H16N4O2S. The van der Waals surface area contributed by atoms with Crippen molar-refractivity contribution in [3.8, 4) is 0 Å². The zero-order valence-corrected chi connectivity index (χ0v) is 10.8. The van der Waals surface area contributed by atoms with Crippen LogP contribution in [-0.4, -0.2) is 41.9 Å². The van der Waals surface area contributed by atoms with E-state index >= 15 is 0 Å². The average Bonchev–Trinajstić information content (AvgIpc) is 2.75. The van der Waals surface area contributed by atoms with Crippen LogP contribution in [0.15, 0.2) is 0 Å². The zero-order chi connectivity index (χ0) is 12.3. The highest BCUT2D eigenvalue weighted by atomic mass is 32.1. The first-order chi connectivity index (χ1) is 8.16. The fraction of sp³-hybridized carbons (Fsp3) is 0.700. The van der Waals surface area contributed by atoms with Gasteiger partial charge in [0.1, 0.15) is 10.6 Å². The number of piperidine rings is 1. The minimum Gasteiger partial charge on any atom is -0.368 e. The van der Waals surface area contributed by atoms with Crippen LogP contribution in [0.5, 0.6) is 0 Å². The highest BCUT2D eigenvalue weighted by Gasteiger charge is 2.40. The minimum atomic E-state index is -0.731. The molecule has 1 aromatic heterocycles. The first-order valence-electron chi connectivity index (χ1n) is 5.54. The van der Waals surface area contributed by atoms with Crippen LogP contribution in [0.2, 0.25) is 0 Å². The normalized spacial score (nSPS) is 18.9. The molecule has 0 aromatic carbocycles. The number of hydrogen-bond acceptors (Lipinski definition) is 6. The molecule has 1 aromatic rings. The van der Waals surface area contributed by atoms with E-state index < -0.39 is 5.60 Å². The summed E-state index contributed by atoms with van der Waals surface area (Å²) >= 11 is 1.36. The second-order valence-electron chi connectivity index (χ2n) is 4.03. The van der Waals surface area contributed by atoms with Crippen LogP contribution in [0, 0.1) is 6.92 Å². The van der Waals surface area contributed by atoms with Gasteiger partial charge in [0, 0.05) is 7.11 Å². The Morgan fingerprint density at radius 1 is 1.47 bits per heavy atom. The molecule has 1 fully saturated rings. The topological polar surface area (TPSA) is 76.1 Å². The molecule has 1 aliphatic heterocycles. The predicted molar refractivity (Wildman–Crippen MR) is 65.1 cm³/mol. The maximum absolute atomic E-state index is 12.2. The Morgan fingerprint density at radius 3 is 2.71 bits per heavy atom. The summed E-state index contributed by atoms with van der Waals surface area (Å²) in [7, 11) is 1.58. The maximum Gasteiger partial charge on any atom is 0.258 e. The molecular weight excluding hydrogens is 240 g/mol. The average molecular weight is 256 g/mol. The number of amides is 1. The fourth-order valence-corrected chi connectivity index (χ4v) is 2.50. The SMILES string of the molecule is COC1(C(=O)Nc2nnc(C)s2)CCNCC1. The van der Waals surface area contributed by atoms with Gasteiger partial charge in [-0.2, -0.15) is 0 Å². The second kappa shape index (κ2) is 5.07. The predicted octanol–water partition coefficient (Wildman–Crippen LogP) is 0.554. The number of hydrogen-bond donors (Lipinski definition) is 2. The van der Waals surface area contributed by atoms with Crippen molar-refractivity contribution in [2.24, 2.45) is 0 Å². The summed E-state index contributed by atoms with van der Waals surface area (Å²) in [6.07, 6.45) is 1.35. The standard InChI is InChI=1S/C10H16N4O2S/c1-7-13-14-9(17-7)12-8(15)10(16-2)3-5-11-6-4-10/h11H,3-6H2,1-2H3,(H,12,14,15). The molecule has 2 rings (SSSR count). The summed E-state index contributed by atoms with van der Waals surface area (Å²) in [6.45, 7) is 3.43. The number of aromatic nitrogens is 2. The van der Waals surface area contributed by atoms with E-state index in [2.05, 4.69) is 20.8 Å². The Kier molecular flexibility index (Phi) is 3.70. The lowest BCUT2D eigenvalue weighted by Crippen LogP contribution is -2.51. The number of anilines is 1. The molecule has 2 N–H and O–H groups in total. The van der Waals surface area contributed by atoms with Crippen molar-refractivity contribution >= 4 is 22.4 Å². The molecule has 7 heteroatoms. The molecule has 0 radical (unpaired) electrons. The van der Waals surface area contributed by atoms with Crippen molar-refractivity contribution in [2.45, 2.75) is 25.4 Å². The van der Waals surface area contributed by atoms with E-state index in [9.17, 15) is 4.79 Å². The van der Waals surface area contributed by atoms with E-state index in [-0.39, 0.29) is 5.91 Å². The highest BCUT2D eigenvalue weighted by molar-refractivity contribution is 7.15. The smallest absolute Gasteiger partial charge is 0.258 e. The summed E-state index contributed by atoms with van der Waals surface area (Å²) in [5.74, 6) is -0.127. The van der Waals surface area contributed by atoms with Crippen molar-refractivity contribution in [1.29, 1.82) is 0 Å². The number of ether oxygens (including phenoxy) is 1. The van der Waals surface area contributed by atoms with Gasteiger partial charge in [-0.3, -0.25) is 10.1 Å². The van der Waals surface area contributed by atoms with Crippen LogP contribution in [-0.2, 0) is 9.53 Å². The van der Waals surface area contributed by atoms with Crippen molar-refractivity contribution < 1.29 is 9.53 Å². The molecule has 1 amide bonds. The van der Waals surface area contributed by atoms with Crippen LogP contribution >= 0.6 is 11.3 Å². The van der Waals surface area contributed by atoms with Crippen LogP contribution in [0.1, 0.15) is 17.8 Å². The van der Waals surface area contributed by atoms with Gasteiger partial charge < -0.3 is 10.1 Å². The van der Waals surface area contributed by atoms with Gasteiger partial charge in [-0.15, -0.1) is 10.2 Å². The summed E-state index contributed by atoms with van der Waals surface area (Å²) in [5, 5.41) is 15.1. The third-order valence-corrected chi connectivity index (χ3v) is 3.72. The fourth-order valence-electron chi connectivity index (χ4n) is 1.91. The van der Waals surface area contributed by atoms with E-state index in [1.807, 2.05) is 6.92 Å². The third kappa shape index (κ3) is 2.62. The summed E-state index contributed by atoms with van der Waals surface area (Å²) in [6, 6.07) is 0. The number of methoxy groups -OCH3 is 1. The Hall–Kier alpha value is -1.05. The van der Waals surface area contributed by atoms with Gasteiger partial charge in [-0.25, -0.2) is 0 Å². The van der Waals surface area contributed by atoms with Gasteiger partial charge >= 0.3 is 0 Å². The summed E-state index contributed by atoms with van der Waals surface area (Å²) < 4.78 is 5.42. The Balaban J connectivity index is 2.07. The van der Waals surface area contributed by atoms with Gasteiger partial charge in [-0.1, -0.05) is 11.3 Å². The quantitative estimate of drug-likeness (QED) is 0.826. The number of carbonyl (C=O) groups is 1. The molecule has 94 valence electrons. The first-order valence-corrected chi connectivity index (χ1v) is 6.35. The zero-order valence-electron chi connectivity index (χ0n) is 9.95. The lowest BCUT2D eigenvalue weighted by Gasteiger charge is -2.34. The van der Waals surface area contributed by atoms with Crippen molar-refractivity contribution in [1.82, 2.24) is 15.5 Å². The van der Waals surface area contributed by atoms with Gasteiger partial charge in [0.15, 0.2) is 0 Å². The van der Waals surface area contributed by atoms with E-state index in [4.69, 9.17) is 4.74 Å². The molecule has 17 heavy (non-hydrogen) atoms. The molecule has 0 unspecified atom stereocenters. The number of carbonyl (C=O) groups excluding carboxylic acids is 1. The number of nitrogens with zero attached hydrogens (tertiary/aromatic N) is 2. The van der Waals surface area contributed by atoms with Crippen molar-refractivity contribution in [3.05, 3.63) is 5.01 Å². The van der Waals surface area contributed by atoms with E-state index in [1.54, 1.807) is 7.11 Å².